The van der Waals surface area contributed by atoms with Crippen LogP contribution in [0, 0.1) is 10.1 Å². The Bertz CT molecular complexity index is 1840. The van der Waals surface area contributed by atoms with Gasteiger partial charge in [0.1, 0.15) is 12.4 Å². The molecular formula is C33H31N3O6S. The Morgan fingerprint density at radius 2 is 1.84 bits per heavy atom. The normalized spacial score (nSPS) is 14.7. The quantitative estimate of drug-likeness (QED) is 0.0983. The Morgan fingerprint density at radius 1 is 1.07 bits per heavy atom. The third-order valence-electron chi connectivity index (χ3n) is 7.05. The summed E-state index contributed by atoms with van der Waals surface area (Å²) < 4.78 is 13.4. The van der Waals surface area contributed by atoms with Crippen LogP contribution in [0.3, 0.4) is 0 Å². The van der Waals surface area contributed by atoms with Crippen molar-refractivity contribution in [2.75, 3.05) is 6.61 Å². The minimum Gasteiger partial charge on any atom is -0.494 e. The zero-order valence-corrected chi connectivity index (χ0v) is 24.7. The topological polar surface area (TPSA) is 113 Å². The van der Waals surface area contributed by atoms with E-state index in [2.05, 4.69) is 11.9 Å². The van der Waals surface area contributed by atoms with Crippen LogP contribution in [0.15, 0.2) is 99.9 Å². The first-order chi connectivity index (χ1) is 20.9. The van der Waals surface area contributed by atoms with Crippen molar-refractivity contribution in [1.29, 1.82) is 0 Å². The van der Waals surface area contributed by atoms with Gasteiger partial charge in [-0.05, 0) is 48.2 Å². The molecule has 0 fully saturated rings. The van der Waals surface area contributed by atoms with Crippen LogP contribution in [0.25, 0.3) is 6.08 Å². The van der Waals surface area contributed by atoms with E-state index in [4.69, 9.17) is 9.47 Å². The minimum atomic E-state index is -0.791. The molecule has 1 aliphatic rings. The van der Waals surface area contributed by atoms with Crippen molar-refractivity contribution in [3.8, 4) is 5.75 Å². The van der Waals surface area contributed by atoms with Crippen LogP contribution in [-0.2, 0) is 16.1 Å². The highest BCUT2D eigenvalue weighted by atomic mass is 32.1. The molecule has 10 heteroatoms. The van der Waals surface area contributed by atoms with Gasteiger partial charge in [-0.1, -0.05) is 85.7 Å². The van der Waals surface area contributed by atoms with Gasteiger partial charge in [0, 0.05) is 12.1 Å². The Morgan fingerprint density at radius 3 is 2.56 bits per heavy atom. The predicted molar refractivity (Wildman–Crippen MR) is 165 cm³/mol. The number of aromatic nitrogens is 1. The summed E-state index contributed by atoms with van der Waals surface area (Å²) in [6.07, 6.45) is 4.75. The highest BCUT2D eigenvalue weighted by molar-refractivity contribution is 7.07. The molecule has 1 atom stereocenters. The summed E-state index contributed by atoms with van der Waals surface area (Å²) in [6.45, 7) is 4.55. The number of nitro groups is 1. The van der Waals surface area contributed by atoms with E-state index in [-0.39, 0.29) is 23.4 Å². The van der Waals surface area contributed by atoms with Gasteiger partial charge >= 0.3 is 5.97 Å². The Kier molecular flexibility index (Phi) is 9.26. The second kappa shape index (κ2) is 13.4. The van der Waals surface area contributed by atoms with Crippen molar-refractivity contribution in [1.82, 2.24) is 4.57 Å². The number of ether oxygens (including phenoxy) is 2. The first-order valence-electron chi connectivity index (χ1n) is 14.1. The third kappa shape index (κ3) is 6.81. The fourth-order valence-corrected chi connectivity index (χ4v) is 5.91. The zero-order valence-electron chi connectivity index (χ0n) is 23.9. The molecular weight excluding hydrogens is 566 g/mol. The van der Waals surface area contributed by atoms with Gasteiger partial charge in [-0.3, -0.25) is 19.5 Å². The van der Waals surface area contributed by atoms with Gasteiger partial charge in [0.05, 0.1) is 33.4 Å². The smallest absolute Gasteiger partial charge is 0.338 e. The summed E-state index contributed by atoms with van der Waals surface area (Å²) in [5.41, 5.74) is 2.33. The van der Waals surface area contributed by atoms with Crippen LogP contribution in [0.1, 0.15) is 55.8 Å². The largest absolute Gasteiger partial charge is 0.494 e. The lowest BCUT2D eigenvalue weighted by atomic mass is 9.96. The molecule has 43 heavy (non-hydrogen) atoms. The summed E-state index contributed by atoms with van der Waals surface area (Å²) in [5.74, 6) is 0.134. The second-order valence-electron chi connectivity index (χ2n) is 10.1. The molecule has 0 saturated carbocycles. The van der Waals surface area contributed by atoms with Gasteiger partial charge in [-0.15, -0.1) is 0 Å². The maximum atomic E-state index is 13.9. The summed E-state index contributed by atoms with van der Waals surface area (Å²) in [5, 5.41) is 11.3. The average molecular weight is 598 g/mol. The summed E-state index contributed by atoms with van der Waals surface area (Å²) in [4.78, 5) is 43.4. The zero-order chi connectivity index (χ0) is 30.3. The number of esters is 1. The number of nitrogens with zero attached hydrogens (tertiary/aromatic N) is 3. The number of unbranched alkanes of at least 4 members (excludes halogenated alkanes) is 2. The summed E-state index contributed by atoms with van der Waals surface area (Å²) >= 11 is 1.16. The summed E-state index contributed by atoms with van der Waals surface area (Å²) in [6, 6.07) is 22.0. The van der Waals surface area contributed by atoms with E-state index in [1.807, 2.05) is 54.6 Å². The molecule has 1 unspecified atom stereocenters. The monoisotopic (exact) mass is 597 g/mol. The van der Waals surface area contributed by atoms with Crippen molar-refractivity contribution in [3.63, 3.8) is 0 Å². The maximum Gasteiger partial charge on any atom is 0.338 e. The van der Waals surface area contributed by atoms with Gasteiger partial charge in [-0.25, -0.2) is 9.79 Å². The number of rotatable bonds is 11. The second-order valence-corrected chi connectivity index (χ2v) is 11.1. The molecule has 2 heterocycles. The minimum absolute atomic E-state index is 0.0734. The number of carbonyl (C=O) groups excluding carboxylic acids is 1. The van der Waals surface area contributed by atoms with Crippen molar-refractivity contribution >= 4 is 29.1 Å². The molecule has 4 aromatic rings. The van der Waals surface area contributed by atoms with E-state index < -0.39 is 16.9 Å². The molecule has 5 rings (SSSR count). The highest BCUT2D eigenvalue weighted by Crippen LogP contribution is 2.32. The molecule has 0 spiro atoms. The van der Waals surface area contributed by atoms with Crippen LogP contribution in [0.2, 0.25) is 0 Å². The van der Waals surface area contributed by atoms with E-state index in [9.17, 15) is 19.7 Å². The van der Waals surface area contributed by atoms with Crippen molar-refractivity contribution in [2.24, 2.45) is 4.99 Å². The number of carbonyl (C=O) groups is 1. The van der Waals surface area contributed by atoms with E-state index in [1.165, 1.54) is 16.7 Å². The molecule has 9 nitrogen and oxygen atoms in total. The lowest BCUT2D eigenvalue weighted by molar-refractivity contribution is -0.384. The average Bonchev–Trinajstić information content (AvgIpc) is 3.32. The first-order valence-corrected chi connectivity index (χ1v) is 14.9. The highest BCUT2D eigenvalue weighted by Gasteiger charge is 2.33. The molecule has 0 amide bonds. The molecule has 1 aliphatic heterocycles. The molecule has 0 aliphatic carbocycles. The first kappa shape index (κ1) is 29.7. The molecule has 0 saturated heterocycles. The van der Waals surface area contributed by atoms with E-state index in [0.29, 0.717) is 38.5 Å². The standard InChI is InChI=1S/C33H31N3O6S/c1-3-4-8-18-41-27-16-14-25(15-17-27)30-29(32(38)42-21-23-10-6-5-7-11-23)22(2)34-33-35(30)31(37)28(43-33)20-24-12-9-13-26(19-24)36(39)40/h5-7,9-17,19-20,30H,3-4,8,18,21H2,1-2H3. The summed E-state index contributed by atoms with van der Waals surface area (Å²) in [7, 11) is 0. The van der Waals surface area contributed by atoms with Gasteiger partial charge in [0.25, 0.3) is 11.2 Å². The van der Waals surface area contributed by atoms with Crippen molar-refractivity contribution in [2.45, 2.75) is 45.8 Å². The van der Waals surface area contributed by atoms with Gasteiger partial charge in [0.2, 0.25) is 0 Å². The number of non-ortho nitro benzene ring substituents is 1. The molecule has 220 valence electrons. The molecule has 0 bridgehead atoms. The number of nitro benzene ring substituents is 1. The van der Waals surface area contributed by atoms with Crippen molar-refractivity contribution < 1.29 is 19.2 Å². The van der Waals surface area contributed by atoms with Crippen LogP contribution in [0.5, 0.6) is 5.75 Å². The number of fused-ring (bicyclic) bond motifs is 1. The molecule has 0 N–H and O–H groups in total. The maximum absolute atomic E-state index is 13.9. The number of allylic oxidation sites excluding steroid dienone is 1. The van der Waals surface area contributed by atoms with E-state index in [0.717, 1.165) is 36.2 Å². The lowest BCUT2D eigenvalue weighted by Crippen LogP contribution is -2.39. The van der Waals surface area contributed by atoms with Crippen LogP contribution < -0.4 is 19.6 Å². The molecule has 1 aromatic heterocycles. The number of hydrogen-bond donors (Lipinski definition) is 0. The van der Waals surface area contributed by atoms with Gasteiger partial charge in [0.15, 0.2) is 4.80 Å². The predicted octanol–water partition coefficient (Wildman–Crippen LogP) is 5.46. The number of benzene rings is 3. The number of thiazole rings is 1. The Hall–Kier alpha value is -4.83. The van der Waals surface area contributed by atoms with Gasteiger partial charge in [-0.2, -0.15) is 0 Å². The fourth-order valence-electron chi connectivity index (χ4n) is 4.87. The van der Waals surface area contributed by atoms with Gasteiger partial charge < -0.3 is 9.47 Å². The van der Waals surface area contributed by atoms with Crippen LogP contribution in [0.4, 0.5) is 5.69 Å². The fraction of sp³-hybridized carbons (Fsp3) is 0.242. The Balaban J connectivity index is 1.55. The third-order valence-corrected chi connectivity index (χ3v) is 8.03. The van der Waals surface area contributed by atoms with E-state index >= 15 is 0 Å². The number of hydrogen-bond acceptors (Lipinski definition) is 8. The molecule has 3 aromatic carbocycles. The van der Waals surface area contributed by atoms with Crippen LogP contribution >= 0.6 is 11.3 Å². The van der Waals surface area contributed by atoms with E-state index in [1.54, 1.807) is 25.1 Å². The SMILES string of the molecule is CCCCCOc1ccc(C2C(C(=O)OCc3ccccc3)=C(C)N=c3sc(=Cc4cccc([N+](=O)[O-])c4)c(=O)n32)cc1. The molecule has 0 radical (unpaired) electrons. The Labute approximate surface area is 252 Å². The lowest BCUT2D eigenvalue weighted by Gasteiger charge is -2.25. The van der Waals surface area contributed by atoms with Crippen LogP contribution in [-0.4, -0.2) is 22.1 Å². The van der Waals surface area contributed by atoms with Crippen molar-refractivity contribution in [3.05, 3.63) is 137 Å².